The summed E-state index contributed by atoms with van der Waals surface area (Å²) in [6.07, 6.45) is 0. The number of hydrogen-bond donors (Lipinski definition) is 2. The molecule has 1 aromatic heterocycles. The zero-order valence-corrected chi connectivity index (χ0v) is 11.9. The van der Waals surface area contributed by atoms with Crippen molar-refractivity contribution in [2.75, 3.05) is 12.5 Å². The van der Waals surface area contributed by atoms with Gasteiger partial charge in [-0.3, -0.25) is 0 Å². The number of nitrogens with one attached hydrogen (secondary N) is 2. The first kappa shape index (κ1) is 13.2. The molecule has 0 aliphatic carbocycles. The zero-order valence-electron chi connectivity index (χ0n) is 11.9. The van der Waals surface area contributed by atoms with Gasteiger partial charge in [-0.1, -0.05) is 24.3 Å². The van der Waals surface area contributed by atoms with Crippen molar-refractivity contribution in [1.29, 1.82) is 0 Å². The van der Waals surface area contributed by atoms with Crippen molar-refractivity contribution in [2.24, 2.45) is 5.10 Å². The fourth-order valence-corrected chi connectivity index (χ4v) is 2.06. The number of H-pyrrole nitrogens is 1. The molecule has 0 amide bonds. The fourth-order valence-electron chi connectivity index (χ4n) is 2.06. The van der Waals surface area contributed by atoms with Crippen molar-refractivity contribution in [3.8, 4) is 5.75 Å². The minimum absolute atomic E-state index is 0.624. The molecule has 2 aromatic carbocycles. The zero-order chi connectivity index (χ0) is 14.7. The second kappa shape index (κ2) is 5.66. The van der Waals surface area contributed by atoms with Gasteiger partial charge in [0.05, 0.1) is 23.9 Å². The SMILES string of the molecule is COc1cccc(/C(C)=N\Nc2nc3ccccc3[nH]2)c1. The number of fused-ring (bicyclic) bond motifs is 1. The van der Waals surface area contributed by atoms with Crippen LogP contribution in [0, 0.1) is 0 Å². The lowest BCUT2D eigenvalue weighted by atomic mass is 10.1. The number of nitrogens with zero attached hydrogens (tertiary/aromatic N) is 2. The summed E-state index contributed by atoms with van der Waals surface area (Å²) in [7, 11) is 1.65. The number of benzene rings is 2. The highest BCUT2D eigenvalue weighted by atomic mass is 16.5. The Morgan fingerprint density at radius 1 is 1.19 bits per heavy atom. The number of hydrogen-bond acceptors (Lipinski definition) is 4. The van der Waals surface area contributed by atoms with E-state index in [1.165, 1.54) is 0 Å². The summed E-state index contributed by atoms with van der Waals surface area (Å²) >= 11 is 0. The smallest absolute Gasteiger partial charge is 0.222 e. The van der Waals surface area contributed by atoms with Crippen molar-refractivity contribution < 1.29 is 4.74 Å². The molecular formula is C16H16N4O. The largest absolute Gasteiger partial charge is 0.497 e. The third-order valence-corrected chi connectivity index (χ3v) is 3.21. The van der Waals surface area contributed by atoms with Crippen molar-refractivity contribution in [3.05, 3.63) is 54.1 Å². The predicted octanol–water partition coefficient (Wildman–Crippen LogP) is 3.41. The Hall–Kier alpha value is -2.82. The standard InChI is InChI=1S/C16H16N4O/c1-11(12-6-5-7-13(10-12)21-2)19-20-16-17-14-8-3-4-9-15(14)18-16/h3-10H,1-2H3,(H2,17,18,20)/b19-11-. The van der Waals surface area contributed by atoms with Gasteiger partial charge in [-0.15, -0.1) is 0 Å². The van der Waals surface area contributed by atoms with E-state index >= 15 is 0 Å². The molecule has 0 spiro atoms. The van der Waals surface area contributed by atoms with Crippen LogP contribution >= 0.6 is 0 Å². The monoisotopic (exact) mass is 280 g/mol. The number of imidazole rings is 1. The van der Waals surface area contributed by atoms with Gasteiger partial charge >= 0.3 is 0 Å². The Bertz CT molecular complexity index is 759. The summed E-state index contributed by atoms with van der Waals surface area (Å²) in [6, 6.07) is 15.6. The van der Waals surface area contributed by atoms with Gasteiger partial charge in [0.1, 0.15) is 5.75 Å². The van der Waals surface area contributed by atoms with Gasteiger partial charge in [0.15, 0.2) is 0 Å². The molecule has 0 radical (unpaired) electrons. The Morgan fingerprint density at radius 2 is 2.05 bits per heavy atom. The maximum absolute atomic E-state index is 5.21. The van der Waals surface area contributed by atoms with E-state index in [1.54, 1.807) is 7.11 Å². The lowest BCUT2D eigenvalue weighted by Gasteiger charge is -2.04. The molecule has 1 heterocycles. The molecule has 5 nitrogen and oxygen atoms in total. The summed E-state index contributed by atoms with van der Waals surface area (Å²) < 4.78 is 5.21. The molecule has 0 aliphatic heterocycles. The van der Waals surface area contributed by atoms with E-state index in [0.717, 1.165) is 28.1 Å². The Kier molecular flexibility index (Phi) is 3.55. The third-order valence-electron chi connectivity index (χ3n) is 3.21. The van der Waals surface area contributed by atoms with Crippen LogP contribution < -0.4 is 10.2 Å². The number of methoxy groups -OCH3 is 1. The van der Waals surface area contributed by atoms with Gasteiger partial charge in [-0.2, -0.15) is 5.10 Å². The average Bonchev–Trinajstić information content (AvgIpc) is 2.95. The molecule has 106 valence electrons. The summed E-state index contributed by atoms with van der Waals surface area (Å²) in [4.78, 5) is 7.58. The summed E-state index contributed by atoms with van der Waals surface area (Å²) in [5.41, 5.74) is 6.70. The third kappa shape index (κ3) is 2.86. The molecule has 0 unspecified atom stereocenters. The number of rotatable bonds is 4. The van der Waals surface area contributed by atoms with E-state index in [4.69, 9.17) is 4.74 Å². The molecule has 0 fully saturated rings. The second-order valence-electron chi connectivity index (χ2n) is 4.64. The highest BCUT2D eigenvalue weighted by Crippen LogP contribution is 2.15. The molecule has 2 N–H and O–H groups in total. The van der Waals surface area contributed by atoms with Gasteiger partial charge in [0.2, 0.25) is 5.95 Å². The van der Waals surface area contributed by atoms with Crippen LogP contribution in [0.3, 0.4) is 0 Å². The predicted molar refractivity (Wildman–Crippen MR) is 84.9 cm³/mol. The van der Waals surface area contributed by atoms with E-state index in [0.29, 0.717) is 5.95 Å². The Labute approximate surface area is 122 Å². The van der Waals surface area contributed by atoms with Crippen LogP contribution in [0.1, 0.15) is 12.5 Å². The first-order chi connectivity index (χ1) is 10.3. The minimum Gasteiger partial charge on any atom is -0.497 e. The topological polar surface area (TPSA) is 62.3 Å². The summed E-state index contributed by atoms with van der Waals surface area (Å²) in [5, 5.41) is 4.35. The quantitative estimate of drug-likeness (QED) is 0.568. The van der Waals surface area contributed by atoms with Gasteiger partial charge in [-0.05, 0) is 31.2 Å². The van der Waals surface area contributed by atoms with Crippen LogP contribution in [0.2, 0.25) is 0 Å². The van der Waals surface area contributed by atoms with E-state index in [2.05, 4.69) is 20.5 Å². The van der Waals surface area contributed by atoms with Gasteiger partial charge in [-0.25, -0.2) is 10.4 Å². The normalized spacial score (nSPS) is 11.6. The molecule has 5 heteroatoms. The van der Waals surface area contributed by atoms with Crippen molar-refractivity contribution in [3.63, 3.8) is 0 Å². The summed E-state index contributed by atoms with van der Waals surface area (Å²) in [5.74, 6) is 1.43. The first-order valence-corrected chi connectivity index (χ1v) is 6.66. The van der Waals surface area contributed by atoms with Gasteiger partial charge in [0, 0.05) is 5.56 Å². The van der Waals surface area contributed by atoms with Crippen LogP contribution in [-0.4, -0.2) is 22.8 Å². The molecule has 0 atom stereocenters. The maximum atomic E-state index is 5.21. The molecule has 3 rings (SSSR count). The van der Waals surface area contributed by atoms with Gasteiger partial charge in [0.25, 0.3) is 0 Å². The first-order valence-electron chi connectivity index (χ1n) is 6.66. The lowest BCUT2D eigenvalue weighted by molar-refractivity contribution is 0.414. The number of anilines is 1. The molecule has 0 saturated heterocycles. The van der Waals surface area contributed by atoms with Crippen LogP contribution in [0.4, 0.5) is 5.95 Å². The number of ether oxygens (including phenoxy) is 1. The number of para-hydroxylation sites is 2. The van der Waals surface area contributed by atoms with Crippen LogP contribution in [0.15, 0.2) is 53.6 Å². The maximum Gasteiger partial charge on any atom is 0.222 e. The fraction of sp³-hybridized carbons (Fsp3) is 0.125. The highest BCUT2D eigenvalue weighted by Gasteiger charge is 2.02. The van der Waals surface area contributed by atoms with Crippen molar-refractivity contribution >= 4 is 22.7 Å². The van der Waals surface area contributed by atoms with E-state index in [-0.39, 0.29) is 0 Å². The average molecular weight is 280 g/mol. The minimum atomic E-state index is 0.624. The van der Waals surface area contributed by atoms with Crippen LogP contribution in [0.5, 0.6) is 5.75 Å². The molecule has 0 bridgehead atoms. The van der Waals surface area contributed by atoms with Crippen LogP contribution in [-0.2, 0) is 0 Å². The van der Waals surface area contributed by atoms with Crippen LogP contribution in [0.25, 0.3) is 11.0 Å². The van der Waals surface area contributed by atoms with E-state index < -0.39 is 0 Å². The molecule has 21 heavy (non-hydrogen) atoms. The lowest BCUT2D eigenvalue weighted by Crippen LogP contribution is -2.00. The number of aromatic nitrogens is 2. The molecule has 3 aromatic rings. The Morgan fingerprint density at radius 3 is 2.86 bits per heavy atom. The number of hydrazone groups is 1. The second-order valence-corrected chi connectivity index (χ2v) is 4.64. The highest BCUT2D eigenvalue weighted by molar-refractivity contribution is 5.99. The van der Waals surface area contributed by atoms with Gasteiger partial charge < -0.3 is 9.72 Å². The van der Waals surface area contributed by atoms with E-state index in [9.17, 15) is 0 Å². The number of aromatic amines is 1. The van der Waals surface area contributed by atoms with E-state index in [1.807, 2.05) is 55.5 Å². The molecule has 0 aliphatic rings. The molecular weight excluding hydrogens is 264 g/mol. The van der Waals surface area contributed by atoms with Crippen molar-refractivity contribution in [1.82, 2.24) is 9.97 Å². The molecule has 0 saturated carbocycles. The van der Waals surface area contributed by atoms with Crippen molar-refractivity contribution in [2.45, 2.75) is 6.92 Å². The Balaban J connectivity index is 1.80. The summed E-state index contributed by atoms with van der Waals surface area (Å²) in [6.45, 7) is 1.93.